The summed E-state index contributed by atoms with van der Waals surface area (Å²) in [5.41, 5.74) is -0.0688. The van der Waals surface area contributed by atoms with Crippen molar-refractivity contribution in [3.8, 4) is 0 Å². The van der Waals surface area contributed by atoms with E-state index in [4.69, 9.17) is 11.6 Å². The van der Waals surface area contributed by atoms with Crippen LogP contribution in [0.4, 0.5) is 4.39 Å². The van der Waals surface area contributed by atoms with Gasteiger partial charge >= 0.3 is 0 Å². The summed E-state index contributed by atoms with van der Waals surface area (Å²) in [6.07, 6.45) is 0.851. The zero-order chi connectivity index (χ0) is 15.9. The second-order valence-corrected chi connectivity index (χ2v) is 5.89. The maximum atomic E-state index is 13.6. The van der Waals surface area contributed by atoms with Gasteiger partial charge in [-0.15, -0.1) is 0 Å². The Morgan fingerprint density at radius 3 is 2.59 bits per heavy atom. The molecule has 1 amide bonds. The first-order valence-electron chi connectivity index (χ1n) is 7.78. The van der Waals surface area contributed by atoms with E-state index in [9.17, 15) is 9.18 Å². The van der Waals surface area contributed by atoms with Crippen molar-refractivity contribution in [2.75, 3.05) is 45.8 Å². The number of rotatable bonds is 6. The van der Waals surface area contributed by atoms with Crippen molar-refractivity contribution >= 4 is 17.5 Å². The summed E-state index contributed by atoms with van der Waals surface area (Å²) in [5.74, 6) is -1.03. The highest BCUT2D eigenvalue weighted by atomic mass is 35.5. The number of hydrogen-bond donors (Lipinski definition) is 1. The maximum Gasteiger partial charge on any atom is 0.255 e. The number of amides is 1. The van der Waals surface area contributed by atoms with Crippen molar-refractivity contribution in [3.05, 3.63) is 34.6 Å². The zero-order valence-corrected chi connectivity index (χ0v) is 13.7. The van der Waals surface area contributed by atoms with Crippen molar-refractivity contribution in [2.24, 2.45) is 0 Å². The minimum atomic E-state index is -0.583. The Hall–Kier alpha value is -1.17. The number of hydrogen-bond acceptors (Lipinski definition) is 3. The van der Waals surface area contributed by atoms with Crippen molar-refractivity contribution in [1.82, 2.24) is 15.1 Å². The summed E-state index contributed by atoms with van der Waals surface area (Å²) >= 11 is 5.87. The van der Waals surface area contributed by atoms with Gasteiger partial charge in [0, 0.05) is 32.7 Å². The lowest BCUT2D eigenvalue weighted by Crippen LogP contribution is -2.46. The number of nitrogens with zero attached hydrogens (tertiary/aromatic N) is 2. The predicted octanol–water partition coefficient (Wildman–Crippen LogP) is 2.24. The largest absolute Gasteiger partial charge is 0.352 e. The van der Waals surface area contributed by atoms with Gasteiger partial charge in [0.05, 0.1) is 10.6 Å². The standard InChI is InChI=1S/C16H23ClFN3O/c1-2-20-9-11-21(12-10-20)8-4-7-19-16(22)15-13(17)5-3-6-14(15)18/h3,5-6H,2,4,7-12H2,1H3,(H,19,22). The fraction of sp³-hybridized carbons (Fsp3) is 0.562. The molecule has 122 valence electrons. The van der Waals surface area contributed by atoms with E-state index in [1.807, 2.05) is 0 Å². The Morgan fingerprint density at radius 2 is 1.95 bits per heavy atom. The fourth-order valence-electron chi connectivity index (χ4n) is 2.64. The van der Waals surface area contributed by atoms with E-state index in [0.717, 1.165) is 45.7 Å². The van der Waals surface area contributed by atoms with E-state index in [1.165, 1.54) is 18.2 Å². The SMILES string of the molecule is CCN1CCN(CCCNC(=O)c2c(F)cccc2Cl)CC1. The molecule has 0 spiro atoms. The summed E-state index contributed by atoms with van der Waals surface area (Å²) in [5, 5.41) is 2.89. The number of likely N-dealkylation sites (N-methyl/N-ethyl adjacent to an activating group) is 1. The molecule has 0 atom stereocenters. The molecule has 1 aromatic rings. The molecule has 1 saturated heterocycles. The Morgan fingerprint density at radius 1 is 1.27 bits per heavy atom. The normalized spacial score (nSPS) is 16.7. The topological polar surface area (TPSA) is 35.6 Å². The van der Waals surface area contributed by atoms with Crippen molar-refractivity contribution in [1.29, 1.82) is 0 Å². The summed E-state index contributed by atoms with van der Waals surface area (Å²) in [4.78, 5) is 16.8. The highest BCUT2D eigenvalue weighted by molar-refractivity contribution is 6.33. The van der Waals surface area contributed by atoms with Crippen molar-refractivity contribution < 1.29 is 9.18 Å². The molecule has 1 N–H and O–H groups in total. The van der Waals surface area contributed by atoms with Gasteiger partial charge in [-0.25, -0.2) is 4.39 Å². The molecule has 6 heteroatoms. The average molecular weight is 328 g/mol. The monoisotopic (exact) mass is 327 g/mol. The Kier molecular flexibility index (Phi) is 6.61. The number of piperazine rings is 1. The van der Waals surface area contributed by atoms with E-state index in [2.05, 4.69) is 22.0 Å². The highest BCUT2D eigenvalue weighted by Crippen LogP contribution is 2.18. The summed E-state index contributed by atoms with van der Waals surface area (Å²) in [7, 11) is 0. The molecule has 0 aliphatic carbocycles. The number of nitrogens with one attached hydrogen (secondary N) is 1. The molecular weight excluding hydrogens is 305 g/mol. The number of carbonyl (C=O) groups is 1. The third-order valence-electron chi connectivity index (χ3n) is 4.04. The van der Waals surface area contributed by atoms with Gasteiger partial charge in [0.1, 0.15) is 5.82 Å². The van der Waals surface area contributed by atoms with Crippen LogP contribution in [0.1, 0.15) is 23.7 Å². The smallest absolute Gasteiger partial charge is 0.255 e. The lowest BCUT2D eigenvalue weighted by Gasteiger charge is -2.33. The Labute approximate surface area is 136 Å². The Bertz CT molecular complexity index is 484. The maximum absolute atomic E-state index is 13.6. The molecule has 22 heavy (non-hydrogen) atoms. The molecule has 4 nitrogen and oxygen atoms in total. The molecule has 0 unspecified atom stereocenters. The molecule has 0 bridgehead atoms. The zero-order valence-electron chi connectivity index (χ0n) is 12.9. The molecule has 1 aliphatic rings. The molecule has 1 heterocycles. The van der Waals surface area contributed by atoms with Gasteiger partial charge in [0.2, 0.25) is 0 Å². The van der Waals surface area contributed by atoms with Crippen LogP contribution in [0, 0.1) is 5.82 Å². The van der Waals surface area contributed by atoms with Crippen LogP contribution in [0.25, 0.3) is 0 Å². The lowest BCUT2D eigenvalue weighted by molar-refractivity contribution is 0.0944. The molecule has 0 aromatic heterocycles. The lowest BCUT2D eigenvalue weighted by atomic mass is 10.2. The fourth-order valence-corrected chi connectivity index (χ4v) is 2.89. The van der Waals surface area contributed by atoms with Crippen LogP contribution in [0.15, 0.2) is 18.2 Å². The first kappa shape index (κ1) is 17.2. The van der Waals surface area contributed by atoms with Gasteiger partial charge in [-0.1, -0.05) is 24.6 Å². The van der Waals surface area contributed by atoms with Crippen LogP contribution < -0.4 is 5.32 Å². The molecule has 1 aromatic carbocycles. The molecule has 0 saturated carbocycles. The third kappa shape index (κ3) is 4.66. The minimum Gasteiger partial charge on any atom is -0.352 e. The number of carbonyl (C=O) groups excluding carboxylic acids is 1. The van der Waals surface area contributed by atoms with Crippen LogP contribution in [-0.2, 0) is 0 Å². The number of benzene rings is 1. The van der Waals surface area contributed by atoms with Crippen molar-refractivity contribution in [3.63, 3.8) is 0 Å². The third-order valence-corrected chi connectivity index (χ3v) is 4.35. The van der Waals surface area contributed by atoms with Gasteiger partial charge < -0.3 is 15.1 Å². The first-order valence-corrected chi connectivity index (χ1v) is 8.16. The van der Waals surface area contributed by atoms with Gasteiger partial charge in [-0.2, -0.15) is 0 Å². The van der Waals surface area contributed by atoms with Gasteiger partial charge in [0.25, 0.3) is 5.91 Å². The quantitative estimate of drug-likeness (QED) is 0.814. The van der Waals surface area contributed by atoms with E-state index >= 15 is 0 Å². The van der Waals surface area contributed by atoms with Gasteiger partial charge in [-0.05, 0) is 31.6 Å². The molecule has 2 rings (SSSR count). The second kappa shape index (κ2) is 8.46. The minimum absolute atomic E-state index is 0.0688. The van der Waals surface area contributed by atoms with E-state index in [1.54, 1.807) is 0 Å². The van der Waals surface area contributed by atoms with Crippen LogP contribution in [0.5, 0.6) is 0 Å². The average Bonchev–Trinajstić information content (AvgIpc) is 2.52. The summed E-state index contributed by atoms with van der Waals surface area (Å²) < 4.78 is 13.6. The van der Waals surface area contributed by atoms with Gasteiger partial charge in [-0.3, -0.25) is 4.79 Å². The van der Waals surface area contributed by atoms with Crippen LogP contribution >= 0.6 is 11.6 Å². The van der Waals surface area contributed by atoms with E-state index < -0.39 is 11.7 Å². The van der Waals surface area contributed by atoms with Crippen LogP contribution in [-0.4, -0.2) is 61.5 Å². The van der Waals surface area contributed by atoms with Crippen molar-refractivity contribution in [2.45, 2.75) is 13.3 Å². The summed E-state index contributed by atoms with van der Waals surface area (Å²) in [6, 6.07) is 4.26. The van der Waals surface area contributed by atoms with Crippen LogP contribution in [0.3, 0.4) is 0 Å². The summed E-state index contributed by atoms with van der Waals surface area (Å²) in [6.45, 7) is 9.11. The van der Waals surface area contributed by atoms with Crippen LogP contribution in [0.2, 0.25) is 5.02 Å². The predicted molar refractivity (Wildman–Crippen MR) is 86.9 cm³/mol. The Balaban J connectivity index is 1.70. The molecular formula is C16H23ClFN3O. The van der Waals surface area contributed by atoms with E-state index in [0.29, 0.717) is 6.54 Å². The molecule has 0 radical (unpaired) electrons. The molecule has 1 aliphatic heterocycles. The van der Waals surface area contributed by atoms with E-state index in [-0.39, 0.29) is 10.6 Å². The number of halogens is 2. The second-order valence-electron chi connectivity index (χ2n) is 5.48. The molecule has 1 fully saturated rings. The first-order chi connectivity index (χ1) is 10.6. The van der Waals surface area contributed by atoms with Gasteiger partial charge in [0.15, 0.2) is 0 Å². The highest BCUT2D eigenvalue weighted by Gasteiger charge is 2.16.